The highest BCUT2D eigenvalue weighted by Crippen LogP contribution is 2.27. The van der Waals surface area contributed by atoms with Gasteiger partial charge in [-0.2, -0.15) is 0 Å². The van der Waals surface area contributed by atoms with Gasteiger partial charge in [0.1, 0.15) is 0 Å². The lowest BCUT2D eigenvalue weighted by atomic mass is 10.0. The van der Waals surface area contributed by atoms with Gasteiger partial charge in [0.05, 0.1) is 5.25 Å². The highest BCUT2D eigenvalue weighted by Gasteiger charge is 2.20. The van der Waals surface area contributed by atoms with Gasteiger partial charge in [-0.05, 0) is 49.6 Å². The van der Waals surface area contributed by atoms with Crippen LogP contribution in [0.2, 0.25) is 0 Å². The number of anilines is 1. The summed E-state index contributed by atoms with van der Waals surface area (Å²) >= 11 is 1.40. The van der Waals surface area contributed by atoms with E-state index >= 15 is 0 Å². The van der Waals surface area contributed by atoms with Crippen LogP contribution in [0.25, 0.3) is 11.4 Å². The maximum atomic E-state index is 12.6. The number of hydrogen-bond donors (Lipinski definition) is 1. The molecule has 3 rings (SSSR count). The summed E-state index contributed by atoms with van der Waals surface area (Å²) in [7, 11) is 0. The molecule has 0 aliphatic heterocycles. The average Bonchev–Trinajstić information content (AvgIpc) is 3.11. The van der Waals surface area contributed by atoms with Crippen molar-refractivity contribution >= 4 is 23.4 Å². The van der Waals surface area contributed by atoms with E-state index in [1.165, 1.54) is 17.3 Å². The van der Waals surface area contributed by atoms with Crippen LogP contribution < -0.4 is 5.32 Å². The summed E-state index contributed by atoms with van der Waals surface area (Å²) in [6.45, 7) is 8.92. The summed E-state index contributed by atoms with van der Waals surface area (Å²) in [6, 6.07) is 11.8. The first-order valence-corrected chi connectivity index (χ1v) is 10.3. The van der Waals surface area contributed by atoms with Crippen LogP contribution in [-0.4, -0.2) is 30.9 Å². The zero-order chi connectivity index (χ0) is 20.1. The Morgan fingerprint density at radius 3 is 2.50 bits per heavy atom. The lowest BCUT2D eigenvalue weighted by Gasteiger charge is -2.13. The minimum atomic E-state index is -0.305. The number of thioether (sulfide) groups is 1. The third-order valence-corrected chi connectivity index (χ3v) is 5.53. The second-order valence-corrected chi connectivity index (χ2v) is 8.13. The predicted octanol–water partition coefficient (Wildman–Crippen LogP) is 4.60. The van der Waals surface area contributed by atoms with Crippen LogP contribution in [0.15, 0.2) is 53.9 Å². The monoisotopic (exact) mass is 395 g/mol. The van der Waals surface area contributed by atoms with Crippen molar-refractivity contribution in [2.75, 3.05) is 5.32 Å². The zero-order valence-electron chi connectivity index (χ0n) is 16.6. The standard InChI is InChI=1S/C21H25N5OS/c1-5-26-19(17-7-6-12-22-13-17)24-25-21(26)28-15(4)20(27)23-18-10-8-16(9-11-18)14(2)3/h6-15H,5H2,1-4H3,(H,23,27). The molecular weight excluding hydrogens is 370 g/mol. The number of benzene rings is 1. The third kappa shape index (κ3) is 4.59. The highest BCUT2D eigenvalue weighted by molar-refractivity contribution is 8.00. The molecule has 1 N–H and O–H groups in total. The Morgan fingerprint density at radius 2 is 1.89 bits per heavy atom. The van der Waals surface area contributed by atoms with Crippen molar-refractivity contribution in [1.82, 2.24) is 19.7 Å². The fourth-order valence-electron chi connectivity index (χ4n) is 2.78. The number of pyridine rings is 1. The summed E-state index contributed by atoms with van der Waals surface area (Å²) < 4.78 is 2.00. The number of amides is 1. The lowest BCUT2D eigenvalue weighted by molar-refractivity contribution is -0.115. The fraction of sp³-hybridized carbons (Fsp3) is 0.333. The van der Waals surface area contributed by atoms with E-state index < -0.39 is 0 Å². The summed E-state index contributed by atoms with van der Waals surface area (Å²) in [5.74, 6) is 1.17. The second-order valence-electron chi connectivity index (χ2n) is 6.82. The Morgan fingerprint density at radius 1 is 1.14 bits per heavy atom. The first-order valence-electron chi connectivity index (χ1n) is 9.40. The zero-order valence-corrected chi connectivity index (χ0v) is 17.4. The molecule has 0 fully saturated rings. The number of rotatable bonds is 7. The van der Waals surface area contributed by atoms with Crippen LogP contribution in [0.4, 0.5) is 5.69 Å². The molecule has 1 aromatic carbocycles. The molecule has 0 bridgehead atoms. The van der Waals surface area contributed by atoms with Crippen molar-refractivity contribution in [2.24, 2.45) is 0 Å². The molecule has 7 heteroatoms. The van der Waals surface area contributed by atoms with Crippen LogP contribution in [0, 0.1) is 0 Å². The van der Waals surface area contributed by atoms with Gasteiger partial charge >= 0.3 is 0 Å². The lowest BCUT2D eigenvalue weighted by Crippen LogP contribution is -2.23. The molecule has 28 heavy (non-hydrogen) atoms. The number of aromatic nitrogens is 4. The van der Waals surface area contributed by atoms with Crippen LogP contribution in [0.1, 0.15) is 39.2 Å². The Hall–Kier alpha value is -2.67. The number of hydrogen-bond acceptors (Lipinski definition) is 5. The van der Waals surface area contributed by atoms with E-state index in [2.05, 4.69) is 34.3 Å². The van der Waals surface area contributed by atoms with E-state index in [1.807, 2.05) is 54.8 Å². The van der Waals surface area contributed by atoms with Crippen LogP contribution in [-0.2, 0) is 11.3 Å². The normalized spacial score (nSPS) is 12.2. The molecule has 0 aliphatic rings. The molecule has 1 unspecified atom stereocenters. The van der Waals surface area contributed by atoms with Crippen LogP contribution in [0.3, 0.4) is 0 Å². The summed E-state index contributed by atoms with van der Waals surface area (Å²) in [5, 5.41) is 12.0. The van der Waals surface area contributed by atoms with Gasteiger partial charge in [0.2, 0.25) is 5.91 Å². The van der Waals surface area contributed by atoms with Gasteiger partial charge in [0.15, 0.2) is 11.0 Å². The van der Waals surface area contributed by atoms with Gasteiger partial charge in [-0.1, -0.05) is 37.7 Å². The van der Waals surface area contributed by atoms with Crippen molar-refractivity contribution in [1.29, 1.82) is 0 Å². The van der Waals surface area contributed by atoms with Gasteiger partial charge in [-0.15, -0.1) is 10.2 Å². The molecule has 3 aromatic rings. The number of nitrogens with zero attached hydrogens (tertiary/aromatic N) is 4. The summed E-state index contributed by atoms with van der Waals surface area (Å²) in [6.07, 6.45) is 3.49. The first-order chi connectivity index (χ1) is 13.5. The minimum absolute atomic E-state index is 0.0594. The SMILES string of the molecule is CCn1c(SC(C)C(=O)Nc2ccc(C(C)C)cc2)nnc1-c1cccnc1. The molecule has 1 amide bonds. The Kier molecular flexibility index (Phi) is 6.46. The largest absolute Gasteiger partial charge is 0.325 e. The minimum Gasteiger partial charge on any atom is -0.325 e. The molecule has 0 saturated carbocycles. The molecular formula is C21H25N5OS. The quantitative estimate of drug-likeness (QED) is 0.592. The molecule has 1 atom stereocenters. The average molecular weight is 396 g/mol. The van der Waals surface area contributed by atoms with Crippen molar-refractivity contribution in [3.05, 3.63) is 54.4 Å². The van der Waals surface area contributed by atoms with Crippen molar-refractivity contribution in [3.63, 3.8) is 0 Å². The second kappa shape index (κ2) is 9.01. The van der Waals surface area contributed by atoms with Gasteiger partial charge in [-0.25, -0.2) is 0 Å². The highest BCUT2D eigenvalue weighted by atomic mass is 32.2. The Bertz CT molecular complexity index is 922. The topological polar surface area (TPSA) is 72.7 Å². The molecule has 0 aliphatic carbocycles. The maximum absolute atomic E-state index is 12.6. The fourth-order valence-corrected chi connectivity index (χ4v) is 3.69. The van der Waals surface area contributed by atoms with Gasteiger partial charge in [0.25, 0.3) is 0 Å². The summed E-state index contributed by atoms with van der Waals surface area (Å²) in [5.41, 5.74) is 2.96. The molecule has 6 nitrogen and oxygen atoms in total. The molecule has 2 heterocycles. The van der Waals surface area contributed by atoms with E-state index in [9.17, 15) is 4.79 Å². The summed E-state index contributed by atoms with van der Waals surface area (Å²) in [4.78, 5) is 16.8. The van der Waals surface area contributed by atoms with E-state index in [-0.39, 0.29) is 11.2 Å². The number of carbonyl (C=O) groups excluding carboxylic acids is 1. The van der Waals surface area contributed by atoms with Crippen LogP contribution >= 0.6 is 11.8 Å². The van der Waals surface area contributed by atoms with E-state index in [4.69, 9.17) is 0 Å². The predicted molar refractivity (Wildman–Crippen MR) is 113 cm³/mol. The third-order valence-electron chi connectivity index (χ3n) is 4.45. The molecule has 146 valence electrons. The first kappa shape index (κ1) is 20.1. The maximum Gasteiger partial charge on any atom is 0.237 e. The Balaban J connectivity index is 1.69. The van der Waals surface area contributed by atoms with Crippen molar-refractivity contribution < 1.29 is 4.79 Å². The van der Waals surface area contributed by atoms with Crippen molar-refractivity contribution in [2.45, 2.75) is 50.6 Å². The van der Waals surface area contributed by atoms with E-state index in [1.54, 1.807) is 12.4 Å². The van der Waals surface area contributed by atoms with Gasteiger partial charge in [-0.3, -0.25) is 9.78 Å². The molecule has 0 saturated heterocycles. The number of nitrogens with one attached hydrogen (secondary N) is 1. The molecule has 0 spiro atoms. The van der Waals surface area contributed by atoms with Gasteiger partial charge < -0.3 is 9.88 Å². The molecule has 2 aromatic heterocycles. The molecule has 0 radical (unpaired) electrons. The number of carbonyl (C=O) groups is 1. The Labute approximate surface area is 169 Å². The smallest absolute Gasteiger partial charge is 0.237 e. The van der Waals surface area contributed by atoms with E-state index in [0.29, 0.717) is 12.5 Å². The van der Waals surface area contributed by atoms with E-state index in [0.717, 1.165) is 22.2 Å². The van der Waals surface area contributed by atoms with Gasteiger partial charge in [0, 0.05) is 30.2 Å². The van der Waals surface area contributed by atoms with Crippen molar-refractivity contribution in [3.8, 4) is 11.4 Å². The van der Waals surface area contributed by atoms with Crippen LogP contribution in [0.5, 0.6) is 0 Å².